The first-order valence-electron chi connectivity index (χ1n) is 10.8. The van der Waals surface area contributed by atoms with Gasteiger partial charge in [-0.3, -0.25) is 4.79 Å². The number of rotatable bonds is 7. The van der Waals surface area contributed by atoms with E-state index >= 15 is 0 Å². The Hall–Kier alpha value is -2.59. The number of carbonyl (C=O) groups is 1. The van der Waals surface area contributed by atoms with Gasteiger partial charge in [0.05, 0.1) is 16.9 Å². The molecule has 1 saturated heterocycles. The highest BCUT2D eigenvalue weighted by Crippen LogP contribution is 2.36. The fraction of sp³-hybridized carbons (Fsp3) is 0.435. The molecule has 0 unspecified atom stereocenters. The number of halogens is 3. The minimum atomic E-state index is -4.55. The lowest BCUT2D eigenvalue weighted by Crippen LogP contribution is -2.50. The van der Waals surface area contributed by atoms with Crippen molar-refractivity contribution < 1.29 is 26.4 Å². The van der Waals surface area contributed by atoms with E-state index in [0.29, 0.717) is 32.4 Å². The SMILES string of the molecule is CCCS(=O)(=O)N1CCC(CNC(=O)c2ccc(C(F)(F)F)cc2N)(c2ccccc2)CC1. The number of nitrogens with zero attached hydrogens (tertiary/aromatic N) is 1. The highest BCUT2D eigenvalue weighted by Gasteiger charge is 2.39. The number of nitrogens with two attached hydrogens (primary N) is 1. The van der Waals surface area contributed by atoms with Gasteiger partial charge in [-0.15, -0.1) is 0 Å². The van der Waals surface area contributed by atoms with Gasteiger partial charge in [0, 0.05) is 30.7 Å². The van der Waals surface area contributed by atoms with Crippen LogP contribution in [0.4, 0.5) is 18.9 Å². The second-order valence-corrected chi connectivity index (χ2v) is 10.4. The Bertz CT molecular complexity index is 1080. The first kappa shape index (κ1) is 25.0. The number of benzene rings is 2. The average Bonchev–Trinajstić information content (AvgIpc) is 2.77. The maximum atomic E-state index is 12.9. The topological polar surface area (TPSA) is 92.5 Å². The maximum Gasteiger partial charge on any atom is 0.416 e. The third-order valence-electron chi connectivity index (χ3n) is 6.13. The lowest BCUT2D eigenvalue weighted by atomic mass is 9.73. The fourth-order valence-electron chi connectivity index (χ4n) is 4.23. The van der Waals surface area contributed by atoms with Crippen LogP contribution in [0.2, 0.25) is 0 Å². The summed E-state index contributed by atoms with van der Waals surface area (Å²) in [6.07, 6.45) is -3.01. The molecule has 1 heterocycles. The van der Waals surface area contributed by atoms with E-state index in [1.54, 1.807) is 0 Å². The Labute approximate surface area is 192 Å². The van der Waals surface area contributed by atoms with Crippen molar-refractivity contribution in [2.24, 2.45) is 0 Å². The Morgan fingerprint density at radius 3 is 2.30 bits per heavy atom. The summed E-state index contributed by atoms with van der Waals surface area (Å²) in [4.78, 5) is 12.8. The van der Waals surface area contributed by atoms with Gasteiger partial charge in [0.2, 0.25) is 10.0 Å². The van der Waals surface area contributed by atoms with Crippen LogP contribution in [0.15, 0.2) is 48.5 Å². The summed E-state index contributed by atoms with van der Waals surface area (Å²) in [5, 5.41) is 2.82. The number of nitrogens with one attached hydrogen (secondary N) is 1. The molecular formula is C23H28F3N3O3S. The van der Waals surface area contributed by atoms with Gasteiger partial charge in [0.1, 0.15) is 0 Å². The molecule has 1 aliphatic rings. The molecule has 0 atom stereocenters. The molecule has 33 heavy (non-hydrogen) atoms. The summed E-state index contributed by atoms with van der Waals surface area (Å²) in [7, 11) is -3.32. The largest absolute Gasteiger partial charge is 0.416 e. The number of carbonyl (C=O) groups excluding carboxylic acids is 1. The molecule has 2 aromatic rings. The van der Waals surface area contributed by atoms with Crippen molar-refractivity contribution in [3.63, 3.8) is 0 Å². The Balaban J connectivity index is 1.79. The van der Waals surface area contributed by atoms with E-state index in [1.165, 1.54) is 4.31 Å². The van der Waals surface area contributed by atoms with E-state index < -0.39 is 33.1 Å². The highest BCUT2D eigenvalue weighted by molar-refractivity contribution is 7.89. The molecule has 1 aliphatic heterocycles. The number of hydrogen-bond donors (Lipinski definition) is 2. The van der Waals surface area contributed by atoms with Crippen LogP contribution >= 0.6 is 0 Å². The summed E-state index contributed by atoms with van der Waals surface area (Å²) in [5.41, 5.74) is 4.99. The van der Waals surface area contributed by atoms with Gasteiger partial charge in [0.15, 0.2) is 0 Å². The molecule has 0 saturated carbocycles. The van der Waals surface area contributed by atoms with Gasteiger partial charge in [0.25, 0.3) is 5.91 Å². The Kier molecular flexibility index (Phi) is 7.38. The van der Waals surface area contributed by atoms with E-state index in [-0.39, 0.29) is 23.5 Å². The quantitative estimate of drug-likeness (QED) is 0.586. The van der Waals surface area contributed by atoms with Gasteiger partial charge in [-0.2, -0.15) is 13.2 Å². The minimum absolute atomic E-state index is 0.0332. The van der Waals surface area contributed by atoms with Crippen LogP contribution in [-0.4, -0.2) is 44.0 Å². The van der Waals surface area contributed by atoms with Gasteiger partial charge in [-0.1, -0.05) is 37.3 Å². The molecule has 2 aromatic carbocycles. The molecule has 0 aromatic heterocycles. The molecule has 0 radical (unpaired) electrons. The fourth-order valence-corrected chi connectivity index (χ4v) is 5.74. The number of sulfonamides is 1. The second-order valence-electron chi connectivity index (χ2n) is 8.34. The van der Waals surface area contributed by atoms with Crippen LogP contribution in [0, 0.1) is 0 Å². The first-order chi connectivity index (χ1) is 15.5. The molecule has 180 valence electrons. The zero-order valence-corrected chi connectivity index (χ0v) is 19.2. The molecule has 1 amide bonds. The molecular weight excluding hydrogens is 455 g/mol. The average molecular weight is 484 g/mol. The summed E-state index contributed by atoms with van der Waals surface area (Å²) < 4.78 is 65.1. The Morgan fingerprint density at radius 2 is 1.76 bits per heavy atom. The summed E-state index contributed by atoms with van der Waals surface area (Å²) in [6, 6.07) is 12.2. The third-order valence-corrected chi connectivity index (χ3v) is 8.21. The van der Waals surface area contributed by atoms with Gasteiger partial charge in [-0.25, -0.2) is 12.7 Å². The lowest BCUT2D eigenvalue weighted by Gasteiger charge is -2.42. The van der Waals surface area contributed by atoms with Gasteiger partial charge in [-0.05, 0) is 43.0 Å². The summed E-state index contributed by atoms with van der Waals surface area (Å²) in [6.45, 7) is 2.68. The number of nitrogen functional groups attached to an aromatic ring is 1. The van der Waals surface area contributed by atoms with Crippen molar-refractivity contribution >= 4 is 21.6 Å². The lowest BCUT2D eigenvalue weighted by molar-refractivity contribution is -0.137. The van der Waals surface area contributed by atoms with Crippen molar-refractivity contribution in [3.8, 4) is 0 Å². The number of alkyl halides is 3. The maximum absolute atomic E-state index is 12.9. The predicted octanol–water partition coefficient (Wildman–Crippen LogP) is 3.79. The van der Waals surface area contributed by atoms with Crippen molar-refractivity contribution in [1.82, 2.24) is 9.62 Å². The summed E-state index contributed by atoms with van der Waals surface area (Å²) >= 11 is 0. The van der Waals surface area contributed by atoms with E-state index in [2.05, 4.69) is 5.32 Å². The van der Waals surface area contributed by atoms with Gasteiger partial charge >= 0.3 is 6.18 Å². The van der Waals surface area contributed by atoms with Gasteiger partial charge < -0.3 is 11.1 Å². The summed E-state index contributed by atoms with van der Waals surface area (Å²) in [5.74, 6) is -0.479. The number of hydrogen-bond acceptors (Lipinski definition) is 4. The van der Waals surface area contributed by atoms with Crippen LogP contribution < -0.4 is 11.1 Å². The van der Waals surface area contributed by atoms with Crippen LogP contribution in [0.25, 0.3) is 0 Å². The molecule has 0 aliphatic carbocycles. The molecule has 0 spiro atoms. The molecule has 10 heteroatoms. The molecule has 6 nitrogen and oxygen atoms in total. The molecule has 1 fully saturated rings. The Morgan fingerprint density at radius 1 is 1.12 bits per heavy atom. The van der Waals surface area contributed by atoms with E-state index in [9.17, 15) is 26.4 Å². The first-order valence-corrected chi connectivity index (χ1v) is 12.4. The van der Waals surface area contributed by atoms with Crippen LogP contribution in [-0.2, 0) is 21.6 Å². The van der Waals surface area contributed by atoms with Crippen molar-refractivity contribution in [2.75, 3.05) is 31.1 Å². The van der Waals surface area contributed by atoms with E-state index in [0.717, 1.165) is 23.8 Å². The second kappa shape index (κ2) is 9.72. The standard InChI is InChI=1S/C23H28F3N3O3S/c1-2-14-33(31,32)29-12-10-22(11-13-29,17-6-4-3-5-7-17)16-28-21(30)19-9-8-18(15-20(19)27)23(24,25)26/h3-9,15H,2,10-14,16,27H2,1H3,(H,28,30). The van der Waals surface area contributed by atoms with Crippen LogP contribution in [0.3, 0.4) is 0 Å². The zero-order chi connectivity index (χ0) is 24.3. The number of anilines is 1. The van der Waals surface area contributed by atoms with Crippen LogP contribution in [0.1, 0.15) is 47.7 Å². The van der Waals surface area contributed by atoms with E-state index in [4.69, 9.17) is 5.73 Å². The zero-order valence-electron chi connectivity index (χ0n) is 18.4. The number of amides is 1. The third kappa shape index (κ3) is 5.67. The molecule has 3 rings (SSSR count). The van der Waals surface area contributed by atoms with Crippen LogP contribution in [0.5, 0.6) is 0 Å². The van der Waals surface area contributed by atoms with Crippen molar-refractivity contribution in [2.45, 2.75) is 37.8 Å². The highest BCUT2D eigenvalue weighted by atomic mass is 32.2. The molecule has 3 N–H and O–H groups in total. The van der Waals surface area contributed by atoms with Crippen molar-refractivity contribution in [1.29, 1.82) is 0 Å². The monoisotopic (exact) mass is 483 g/mol. The molecule has 0 bridgehead atoms. The predicted molar refractivity (Wildman–Crippen MR) is 121 cm³/mol. The van der Waals surface area contributed by atoms with E-state index in [1.807, 2.05) is 37.3 Å². The minimum Gasteiger partial charge on any atom is -0.398 e. The smallest absolute Gasteiger partial charge is 0.398 e. The number of piperidine rings is 1. The normalized spacial score (nSPS) is 17.0. The van der Waals surface area contributed by atoms with Crippen molar-refractivity contribution in [3.05, 3.63) is 65.2 Å².